The van der Waals surface area contributed by atoms with Gasteiger partial charge in [0.15, 0.2) is 0 Å². The van der Waals surface area contributed by atoms with Crippen LogP contribution in [0.2, 0.25) is 0 Å². The van der Waals surface area contributed by atoms with Gasteiger partial charge in [0, 0.05) is 38.1 Å². The van der Waals surface area contributed by atoms with Crippen LogP contribution in [0.25, 0.3) is 0 Å². The highest BCUT2D eigenvalue weighted by Gasteiger charge is 2.33. The molecule has 2 saturated heterocycles. The van der Waals surface area contributed by atoms with Crippen LogP contribution in [0.4, 0.5) is 0 Å². The number of nitrogens with zero attached hydrogens (tertiary/aromatic N) is 1. The molecule has 0 aromatic heterocycles. The van der Waals surface area contributed by atoms with Gasteiger partial charge in [-0.05, 0) is 57.3 Å². The summed E-state index contributed by atoms with van der Waals surface area (Å²) in [4.78, 5) is 27.1. The van der Waals surface area contributed by atoms with E-state index in [4.69, 9.17) is 4.74 Å². The first-order valence-electron chi connectivity index (χ1n) is 9.81. The molecule has 1 aliphatic carbocycles. The average Bonchev–Trinajstić information content (AvgIpc) is 3.13. The molecule has 3 aliphatic rings. The first kappa shape index (κ1) is 17.7. The summed E-state index contributed by atoms with van der Waals surface area (Å²) >= 11 is 0. The van der Waals surface area contributed by atoms with E-state index in [0.29, 0.717) is 18.4 Å². The van der Waals surface area contributed by atoms with E-state index in [2.05, 4.69) is 17.1 Å². The normalized spacial score (nSPS) is 34.1. The molecule has 3 rings (SSSR count). The number of piperidine rings is 1. The Balaban J connectivity index is 1.39. The molecule has 1 N–H and O–H groups in total. The summed E-state index contributed by atoms with van der Waals surface area (Å²) in [5.41, 5.74) is 0. The van der Waals surface area contributed by atoms with Gasteiger partial charge in [-0.15, -0.1) is 0 Å². The largest absolute Gasteiger partial charge is 0.376 e. The molecular formula is C19H32N2O3. The Hall–Kier alpha value is -1.10. The molecule has 2 unspecified atom stereocenters. The van der Waals surface area contributed by atoms with Gasteiger partial charge in [0.05, 0.1) is 6.10 Å². The Morgan fingerprint density at radius 1 is 1.04 bits per heavy atom. The molecule has 2 aliphatic heterocycles. The summed E-state index contributed by atoms with van der Waals surface area (Å²) in [5, 5.41) is 3.05. The van der Waals surface area contributed by atoms with Crippen molar-refractivity contribution >= 4 is 11.8 Å². The molecule has 3 fully saturated rings. The zero-order valence-electron chi connectivity index (χ0n) is 15.0. The van der Waals surface area contributed by atoms with Crippen LogP contribution in [0.5, 0.6) is 0 Å². The van der Waals surface area contributed by atoms with Gasteiger partial charge in [-0.25, -0.2) is 0 Å². The summed E-state index contributed by atoms with van der Waals surface area (Å²) in [5.74, 6) is 1.33. The van der Waals surface area contributed by atoms with E-state index in [9.17, 15) is 9.59 Å². The minimum Gasteiger partial charge on any atom is -0.376 e. The van der Waals surface area contributed by atoms with Crippen LogP contribution in [0.15, 0.2) is 0 Å². The third-order valence-electron chi connectivity index (χ3n) is 5.94. The van der Waals surface area contributed by atoms with Crippen LogP contribution in [-0.4, -0.2) is 49.1 Å². The highest BCUT2D eigenvalue weighted by Crippen LogP contribution is 2.31. The summed E-state index contributed by atoms with van der Waals surface area (Å²) in [6.45, 7) is 5.53. The van der Waals surface area contributed by atoms with Gasteiger partial charge in [-0.1, -0.05) is 6.92 Å². The molecule has 1 saturated carbocycles. The number of nitrogens with one attached hydrogen (secondary N) is 1. The summed E-state index contributed by atoms with van der Waals surface area (Å²) < 4.78 is 5.55. The number of likely N-dealkylation sites (tertiary alicyclic amines) is 1. The Morgan fingerprint density at radius 2 is 1.79 bits per heavy atom. The van der Waals surface area contributed by atoms with E-state index >= 15 is 0 Å². The fraction of sp³-hybridized carbons (Fsp3) is 0.895. The predicted octanol–water partition coefficient (Wildman–Crippen LogP) is 2.35. The fourth-order valence-electron chi connectivity index (χ4n) is 4.41. The van der Waals surface area contributed by atoms with Gasteiger partial charge in [0.25, 0.3) is 0 Å². The Kier molecular flexibility index (Phi) is 6.14. The number of carbonyl (C=O) groups is 2. The topological polar surface area (TPSA) is 58.6 Å². The first-order valence-corrected chi connectivity index (χ1v) is 9.81. The second-order valence-electron chi connectivity index (χ2n) is 7.96. The summed E-state index contributed by atoms with van der Waals surface area (Å²) in [6.07, 6.45) is 8.14. The van der Waals surface area contributed by atoms with Crippen molar-refractivity contribution < 1.29 is 14.3 Å². The molecular weight excluding hydrogens is 304 g/mol. The molecule has 0 spiro atoms. The Labute approximate surface area is 145 Å². The van der Waals surface area contributed by atoms with Gasteiger partial charge < -0.3 is 15.0 Å². The van der Waals surface area contributed by atoms with E-state index in [1.54, 1.807) is 0 Å². The van der Waals surface area contributed by atoms with Crippen LogP contribution in [-0.2, 0) is 14.3 Å². The van der Waals surface area contributed by atoms with Crippen molar-refractivity contribution in [2.75, 3.05) is 26.2 Å². The Bertz CT molecular complexity index is 440. The fourth-order valence-corrected chi connectivity index (χ4v) is 4.41. The van der Waals surface area contributed by atoms with Crippen molar-refractivity contribution in [3.63, 3.8) is 0 Å². The van der Waals surface area contributed by atoms with E-state index in [-0.39, 0.29) is 23.8 Å². The van der Waals surface area contributed by atoms with Crippen LogP contribution in [0.3, 0.4) is 0 Å². The molecule has 5 heteroatoms. The lowest BCUT2D eigenvalue weighted by atomic mass is 9.80. The highest BCUT2D eigenvalue weighted by atomic mass is 16.5. The van der Waals surface area contributed by atoms with Gasteiger partial charge in [0.1, 0.15) is 0 Å². The third-order valence-corrected chi connectivity index (χ3v) is 5.94. The monoisotopic (exact) mass is 336 g/mol. The minimum absolute atomic E-state index is 0.0794. The maximum atomic E-state index is 12.7. The number of hydrogen-bond acceptors (Lipinski definition) is 3. The van der Waals surface area contributed by atoms with Crippen molar-refractivity contribution in [3.8, 4) is 0 Å². The summed E-state index contributed by atoms with van der Waals surface area (Å²) in [6, 6.07) is 0. The lowest BCUT2D eigenvalue weighted by Gasteiger charge is -2.35. The number of amides is 2. The Morgan fingerprint density at radius 3 is 2.46 bits per heavy atom. The third kappa shape index (κ3) is 4.50. The number of rotatable bonds is 4. The molecule has 0 radical (unpaired) electrons. The predicted molar refractivity (Wildman–Crippen MR) is 92.4 cm³/mol. The summed E-state index contributed by atoms with van der Waals surface area (Å²) in [7, 11) is 0. The van der Waals surface area contributed by atoms with Crippen LogP contribution < -0.4 is 5.32 Å². The quantitative estimate of drug-likeness (QED) is 0.857. The number of carbonyl (C=O) groups excluding carboxylic acids is 2. The highest BCUT2D eigenvalue weighted by molar-refractivity contribution is 5.81. The number of hydrogen-bond donors (Lipinski definition) is 1. The molecule has 5 nitrogen and oxygen atoms in total. The maximum absolute atomic E-state index is 12.7. The molecule has 24 heavy (non-hydrogen) atoms. The minimum atomic E-state index is 0.0794. The standard InChI is InChI=1S/C19H32N2O3/c1-14-4-2-10-21(13-14)19(23)16-8-6-15(7-9-16)18(22)20-12-17-5-3-11-24-17/h14-17H,2-13H2,1H3,(H,20,22). The van der Waals surface area contributed by atoms with Gasteiger partial charge in [-0.3, -0.25) is 9.59 Å². The second-order valence-corrected chi connectivity index (χ2v) is 7.96. The maximum Gasteiger partial charge on any atom is 0.225 e. The van der Waals surface area contributed by atoms with Gasteiger partial charge in [-0.2, -0.15) is 0 Å². The first-order chi connectivity index (χ1) is 11.6. The smallest absolute Gasteiger partial charge is 0.225 e. The van der Waals surface area contributed by atoms with Crippen LogP contribution in [0.1, 0.15) is 58.3 Å². The molecule has 0 bridgehead atoms. The van der Waals surface area contributed by atoms with Crippen molar-refractivity contribution in [1.82, 2.24) is 10.2 Å². The average molecular weight is 336 g/mol. The van der Waals surface area contributed by atoms with E-state index < -0.39 is 0 Å². The zero-order valence-corrected chi connectivity index (χ0v) is 15.0. The van der Waals surface area contributed by atoms with Gasteiger partial charge in [0.2, 0.25) is 11.8 Å². The second kappa shape index (κ2) is 8.32. The lowest BCUT2D eigenvalue weighted by Crippen LogP contribution is -2.44. The zero-order chi connectivity index (χ0) is 16.9. The van der Waals surface area contributed by atoms with E-state index in [1.165, 1.54) is 6.42 Å². The molecule has 0 aromatic rings. The van der Waals surface area contributed by atoms with Crippen LogP contribution in [0, 0.1) is 17.8 Å². The SMILES string of the molecule is CC1CCCN(C(=O)C2CCC(C(=O)NCC3CCCO3)CC2)C1. The molecule has 2 heterocycles. The molecule has 0 aromatic carbocycles. The van der Waals surface area contributed by atoms with Crippen molar-refractivity contribution in [2.24, 2.45) is 17.8 Å². The van der Waals surface area contributed by atoms with Gasteiger partial charge >= 0.3 is 0 Å². The molecule has 136 valence electrons. The lowest BCUT2D eigenvalue weighted by molar-refractivity contribution is -0.140. The van der Waals surface area contributed by atoms with Crippen molar-refractivity contribution in [2.45, 2.75) is 64.4 Å². The van der Waals surface area contributed by atoms with E-state index in [0.717, 1.165) is 64.6 Å². The van der Waals surface area contributed by atoms with Crippen LogP contribution >= 0.6 is 0 Å². The van der Waals surface area contributed by atoms with E-state index in [1.807, 2.05) is 0 Å². The van der Waals surface area contributed by atoms with Crippen molar-refractivity contribution in [3.05, 3.63) is 0 Å². The molecule has 2 atom stereocenters. The molecule has 2 amide bonds. The number of ether oxygens (including phenoxy) is 1. The van der Waals surface area contributed by atoms with Crippen molar-refractivity contribution in [1.29, 1.82) is 0 Å².